The van der Waals surface area contributed by atoms with Gasteiger partial charge in [-0.3, -0.25) is 9.69 Å². The third-order valence-electron chi connectivity index (χ3n) is 4.96. The summed E-state index contributed by atoms with van der Waals surface area (Å²) in [4.78, 5) is 37.0. The van der Waals surface area contributed by atoms with Gasteiger partial charge in [0.15, 0.2) is 0 Å². The number of benzene rings is 2. The monoisotopic (exact) mass is 398 g/mol. The quantitative estimate of drug-likeness (QED) is 0.729. The maximum Gasteiger partial charge on any atom is 0.407 e. The summed E-state index contributed by atoms with van der Waals surface area (Å²) in [5.74, 6) is -2.12. The maximum atomic E-state index is 12.4. The van der Waals surface area contributed by atoms with E-state index in [-0.39, 0.29) is 12.2 Å². The smallest absolute Gasteiger partial charge is 0.407 e. The zero-order chi connectivity index (χ0) is 21.1. The van der Waals surface area contributed by atoms with Gasteiger partial charge in [-0.1, -0.05) is 37.3 Å². The predicted molar refractivity (Wildman–Crippen MR) is 104 cm³/mol. The fourth-order valence-electron chi connectivity index (χ4n) is 3.45. The van der Waals surface area contributed by atoms with Gasteiger partial charge in [0, 0.05) is 12.8 Å². The number of nitrogens with zero attached hydrogens (tertiary/aromatic N) is 1. The molecule has 0 saturated heterocycles. The first-order valence-electron chi connectivity index (χ1n) is 9.12. The first kappa shape index (κ1) is 20.3. The van der Waals surface area contributed by atoms with E-state index in [1.54, 1.807) is 6.92 Å². The minimum absolute atomic E-state index is 0.0142. The molecule has 1 heterocycles. The molecule has 2 aromatic carbocycles. The summed E-state index contributed by atoms with van der Waals surface area (Å²) in [6, 6.07) is 12.6. The molecular weight excluding hydrogens is 376 g/mol. The molecule has 0 radical (unpaired) electrons. The molecule has 29 heavy (non-hydrogen) atoms. The van der Waals surface area contributed by atoms with Crippen LogP contribution < -0.4 is 10.2 Å². The van der Waals surface area contributed by atoms with E-state index in [9.17, 15) is 24.6 Å². The minimum atomic E-state index is -1.19. The van der Waals surface area contributed by atoms with Gasteiger partial charge >= 0.3 is 12.1 Å². The number of hydrogen-bond acceptors (Lipinski definition) is 5. The van der Waals surface area contributed by atoms with Crippen molar-refractivity contribution in [3.63, 3.8) is 0 Å². The number of rotatable bonds is 4. The van der Waals surface area contributed by atoms with E-state index in [1.165, 1.54) is 30.0 Å². The maximum absolute atomic E-state index is 12.4. The lowest BCUT2D eigenvalue weighted by Gasteiger charge is -2.42. The van der Waals surface area contributed by atoms with E-state index in [0.29, 0.717) is 11.3 Å². The molecule has 0 bridgehead atoms. The van der Waals surface area contributed by atoms with Crippen molar-refractivity contribution in [1.82, 2.24) is 5.32 Å². The van der Waals surface area contributed by atoms with Crippen LogP contribution in [-0.2, 0) is 16.1 Å². The first-order chi connectivity index (χ1) is 13.8. The van der Waals surface area contributed by atoms with Crippen molar-refractivity contribution in [1.29, 1.82) is 0 Å². The van der Waals surface area contributed by atoms with E-state index in [2.05, 4.69) is 5.32 Å². The average Bonchev–Trinajstić information content (AvgIpc) is 2.70. The minimum Gasteiger partial charge on any atom is -0.478 e. The Morgan fingerprint density at radius 1 is 1.14 bits per heavy atom. The van der Waals surface area contributed by atoms with Gasteiger partial charge in [-0.2, -0.15) is 0 Å². The van der Waals surface area contributed by atoms with E-state index < -0.39 is 36.2 Å². The van der Waals surface area contributed by atoms with Crippen LogP contribution in [0.3, 0.4) is 0 Å². The van der Waals surface area contributed by atoms with Crippen LogP contribution in [-0.4, -0.2) is 34.4 Å². The number of aliphatic hydroxyl groups excluding tert-OH is 1. The summed E-state index contributed by atoms with van der Waals surface area (Å²) in [6.45, 7) is 3.05. The molecule has 1 aliphatic rings. The summed E-state index contributed by atoms with van der Waals surface area (Å²) in [5, 5.41) is 22.6. The van der Waals surface area contributed by atoms with Gasteiger partial charge in [0.2, 0.25) is 5.91 Å². The molecule has 0 fully saturated rings. The van der Waals surface area contributed by atoms with Crippen molar-refractivity contribution in [2.24, 2.45) is 5.92 Å². The van der Waals surface area contributed by atoms with E-state index >= 15 is 0 Å². The number of carboxylic acid groups (broad SMARTS) is 1. The Labute approximate surface area is 167 Å². The Bertz CT molecular complexity index is 930. The van der Waals surface area contributed by atoms with Crippen LogP contribution in [0.2, 0.25) is 0 Å². The second kappa shape index (κ2) is 8.32. The lowest BCUT2D eigenvalue weighted by atomic mass is 9.85. The van der Waals surface area contributed by atoms with Gasteiger partial charge in [0.05, 0.1) is 17.3 Å². The fraction of sp³-hybridized carbons (Fsp3) is 0.286. The number of amides is 2. The van der Waals surface area contributed by atoms with Gasteiger partial charge in [0.1, 0.15) is 12.8 Å². The van der Waals surface area contributed by atoms with Gasteiger partial charge in [-0.05, 0) is 29.3 Å². The average molecular weight is 398 g/mol. The topological polar surface area (TPSA) is 116 Å². The standard InChI is InChI=1S/C21H22N2O6/c1-12-18(22-21(28)29-11-14-6-4-3-5-7-14)16-10-15(20(26)27)8-9-17(16)23(13(2)24)19(12)25/h3-10,12,18-19,25H,11H2,1-2H3,(H,22,28)(H,26,27)/t12-,18-,19+/m1/s1. The van der Waals surface area contributed by atoms with Crippen molar-refractivity contribution in [3.05, 3.63) is 65.2 Å². The second-order valence-corrected chi connectivity index (χ2v) is 6.92. The molecule has 152 valence electrons. The number of hydrogen-bond donors (Lipinski definition) is 3. The van der Waals surface area contributed by atoms with Crippen LogP contribution in [0.15, 0.2) is 48.5 Å². The third kappa shape index (κ3) is 4.22. The largest absolute Gasteiger partial charge is 0.478 e. The van der Waals surface area contributed by atoms with Crippen LogP contribution in [0, 0.1) is 5.92 Å². The third-order valence-corrected chi connectivity index (χ3v) is 4.96. The molecule has 2 aromatic rings. The fourth-order valence-corrected chi connectivity index (χ4v) is 3.45. The molecule has 3 rings (SSSR count). The highest BCUT2D eigenvalue weighted by Gasteiger charge is 2.40. The van der Waals surface area contributed by atoms with Crippen molar-refractivity contribution in [2.45, 2.75) is 32.7 Å². The molecule has 3 N–H and O–H groups in total. The molecule has 0 spiro atoms. The Morgan fingerprint density at radius 3 is 2.45 bits per heavy atom. The number of anilines is 1. The number of ether oxygens (including phenoxy) is 1. The number of carbonyl (C=O) groups excluding carboxylic acids is 2. The summed E-state index contributed by atoms with van der Waals surface area (Å²) < 4.78 is 5.25. The van der Waals surface area contributed by atoms with Crippen molar-refractivity contribution in [3.8, 4) is 0 Å². The van der Waals surface area contributed by atoms with Crippen LogP contribution >= 0.6 is 0 Å². The molecule has 0 saturated carbocycles. The van der Waals surface area contributed by atoms with E-state index in [4.69, 9.17) is 4.74 Å². The van der Waals surface area contributed by atoms with E-state index in [0.717, 1.165) is 5.56 Å². The first-order valence-corrected chi connectivity index (χ1v) is 9.12. The van der Waals surface area contributed by atoms with Crippen molar-refractivity contribution < 1.29 is 29.3 Å². The Hall–Kier alpha value is -3.39. The normalized spacial score (nSPS) is 20.5. The van der Waals surface area contributed by atoms with Crippen LogP contribution in [0.4, 0.5) is 10.5 Å². The molecule has 2 amide bonds. The summed E-state index contributed by atoms with van der Waals surface area (Å²) in [5.41, 5.74) is 1.60. The molecule has 1 aliphatic heterocycles. The zero-order valence-corrected chi connectivity index (χ0v) is 16.0. The van der Waals surface area contributed by atoms with Crippen LogP contribution in [0.5, 0.6) is 0 Å². The van der Waals surface area contributed by atoms with Crippen molar-refractivity contribution >= 4 is 23.7 Å². The SMILES string of the molecule is CC(=O)N1c2ccc(C(=O)O)cc2[C@H](NC(=O)OCc2ccccc2)[C@@H](C)[C@@H]1O. The van der Waals surface area contributed by atoms with Crippen molar-refractivity contribution in [2.75, 3.05) is 4.90 Å². The molecule has 0 unspecified atom stereocenters. The number of carbonyl (C=O) groups is 3. The highest BCUT2D eigenvalue weighted by Crippen LogP contribution is 2.40. The molecule has 8 nitrogen and oxygen atoms in total. The zero-order valence-electron chi connectivity index (χ0n) is 16.0. The number of aliphatic hydroxyl groups is 1. The van der Waals surface area contributed by atoms with Gasteiger partial charge < -0.3 is 20.3 Å². The summed E-state index contributed by atoms with van der Waals surface area (Å²) in [7, 11) is 0. The van der Waals surface area contributed by atoms with Crippen LogP contribution in [0.1, 0.15) is 41.4 Å². The number of nitrogens with one attached hydrogen (secondary N) is 1. The number of carboxylic acids is 1. The predicted octanol–water partition coefficient (Wildman–Crippen LogP) is 2.67. The lowest BCUT2D eigenvalue weighted by Crippen LogP contribution is -2.52. The van der Waals surface area contributed by atoms with Crippen LogP contribution in [0.25, 0.3) is 0 Å². The highest BCUT2D eigenvalue weighted by molar-refractivity contribution is 5.95. The molecule has 0 aliphatic carbocycles. The summed E-state index contributed by atoms with van der Waals surface area (Å²) in [6.07, 6.45) is -1.89. The highest BCUT2D eigenvalue weighted by atomic mass is 16.5. The number of fused-ring (bicyclic) bond motifs is 1. The second-order valence-electron chi connectivity index (χ2n) is 6.92. The molecule has 0 aromatic heterocycles. The van der Waals surface area contributed by atoms with Gasteiger partial charge in [-0.25, -0.2) is 9.59 Å². The summed E-state index contributed by atoms with van der Waals surface area (Å²) >= 11 is 0. The molecule has 3 atom stereocenters. The number of aromatic carboxylic acids is 1. The lowest BCUT2D eigenvalue weighted by molar-refractivity contribution is -0.119. The Balaban J connectivity index is 1.88. The number of alkyl carbamates (subject to hydrolysis) is 1. The van der Waals surface area contributed by atoms with Gasteiger partial charge in [0.25, 0.3) is 0 Å². The Morgan fingerprint density at radius 2 is 1.83 bits per heavy atom. The van der Waals surface area contributed by atoms with Gasteiger partial charge in [-0.15, -0.1) is 0 Å². The van der Waals surface area contributed by atoms with E-state index in [1.807, 2.05) is 30.3 Å². The molecular formula is C21H22N2O6. The Kier molecular flexibility index (Phi) is 5.84. The molecule has 8 heteroatoms.